The van der Waals surface area contributed by atoms with Gasteiger partial charge in [0.15, 0.2) is 0 Å². The molecule has 0 aliphatic carbocycles. The van der Waals surface area contributed by atoms with Gasteiger partial charge in [0, 0.05) is 49.4 Å². The lowest BCUT2D eigenvalue weighted by molar-refractivity contribution is 0.673. The second-order valence-electron chi connectivity index (χ2n) is 17.3. The lowest BCUT2D eigenvalue weighted by Gasteiger charge is -2.29. The minimum Gasteiger partial charge on any atom is -0.455 e. The summed E-state index contributed by atoms with van der Waals surface area (Å²) < 4.78 is 9.01. The average molecular weight is 855 g/mol. The van der Waals surface area contributed by atoms with Crippen molar-refractivity contribution in [3.63, 3.8) is 0 Å². The molecular weight excluding hydrogens is 813 g/mol. The topological polar surface area (TPSA) is 21.3 Å². The van der Waals surface area contributed by atoms with Gasteiger partial charge in [0.25, 0.3) is 0 Å². The zero-order valence-electron chi connectivity index (χ0n) is 36.6. The number of anilines is 3. The van der Waals surface area contributed by atoms with Gasteiger partial charge in [-0.1, -0.05) is 182 Å². The first kappa shape index (κ1) is 38.5. The van der Waals surface area contributed by atoms with Crippen LogP contribution in [0.2, 0.25) is 0 Å². The van der Waals surface area contributed by atoms with Gasteiger partial charge in [-0.2, -0.15) is 0 Å². The van der Waals surface area contributed by atoms with Crippen molar-refractivity contribution in [2.75, 3.05) is 4.90 Å². The van der Waals surface area contributed by atoms with Crippen LogP contribution in [0.4, 0.5) is 17.1 Å². The molecule has 3 nitrogen and oxygen atoms in total. The average Bonchev–Trinajstić information content (AvgIpc) is 3.96. The van der Waals surface area contributed by atoms with Gasteiger partial charge in [0.1, 0.15) is 11.2 Å². The van der Waals surface area contributed by atoms with E-state index in [1.165, 1.54) is 43.9 Å². The predicted molar refractivity (Wildman–Crippen MR) is 282 cm³/mol. The molecule has 3 heteroatoms. The summed E-state index contributed by atoms with van der Waals surface area (Å²) in [5, 5.41) is 7.08. The molecule has 0 atom stereocenters. The largest absolute Gasteiger partial charge is 0.455 e. The van der Waals surface area contributed by atoms with E-state index in [0.29, 0.717) is 0 Å². The lowest BCUT2D eigenvalue weighted by Crippen LogP contribution is -2.11. The standard InChI is InChI=1S/C64H42N2O/c1-3-15-43(16-4-1)48-33-40-62(58(41-48)45-17-5-2-6-18-45)65(50-34-27-44(28-35-50)49-32-38-56-57-39-31-46-19-7-8-21-53(46)64(57)67-63(56)42-49)51-36-29-47(30-37-51)52-20-9-12-24-59(52)66-60-25-13-10-22-54(60)55-23-11-14-26-61(55)66/h1-42H. The number of rotatable bonds is 8. The van der Waals surface area contributed by atoms with E-state index in [4.69, 9.17) is 4.42 Å². The van der Waals surface area contributed by atoms with E-state index in [0.717, 1.165) is 77.9 Å². The SMILES string of the molecule is c1ccc(-c2ccc(N(c3ccc(-c4ccc5c(c4)oc4c6ccccc6ccc54)cc3)c3ccc(-c4ccccc4-n4c5ccccc5c5ccccc54)cc3)c(-c3ccccc3)c2)cc1. The lowest BCUT2D eigenvalue weighted by atomic mass is 9.96. The highest BCUT2D eigenvalue weighted by atomic mass is 16.3. The van der Waals surface area contributed by atoms with Crippen LogP contribution in [0.1, 0.15) is 0 Å². The van der Waals surface area contributed by atoms with Crippen LogP contribution in [0, 0.1) is 0 Å². The fourth-order valence-corrected chi connectivity index (χ4v) is 10.2. The zero-order chi connectivity index (χ0) is 44.3. The smallest absolute Gasteiger partial charge is 0.143 e. The van der Waals surface area contributed by atoms with Gasteiger partial charge in [-0.25, -0.2) is 0 Å². The molecule has 13 aromatic rings. The summed E-state index contributed by atoms with van der Waals surface area (Å²) in [6.07, 6.45) is 0. The van der Waals surface area contributed by atoms with Crippen molar-refractivity contribution in [1.29, 1.82) is 0 Å². The van der Waals surface area contributed by atoms with Crippen LogP contribution in [0.3, 0.4) is 0 Å². The van der Waals surface area contributed by atoms with E-state index in [1.54, 1.807) is 0 Å². The quantitative estimate of drug-likeness (QED) is 0.152. The molecule has 67 heavy (non-hydrogen) atoms. The van der Waals surface area contributed by atoms with Crippen molar-refractivity contribution in [1.82, 2.24) is 4.57 Å². The van der Waals surface area contributed by atoms with Gasteiger partial charge >= 0.3 is 0 Å². The number of hydrogen-bond donors (Lipinski definition) is 0. The van der Waals surface area contributed by atoms with Gasteiger partial charge < -0.3 is 13.9 Å². The Balaban J connectivity index is 0.940. The summed E-state index contributed by atoms with van der Waals surface area (Å²) >= 11 is 0. The molecule has 0 aliphatic rings. The highest BCUT2D eigenvalue weighted by Crippen LogP contribution is 2.45. The maximum atomic E-state index is 6.60. The summed E-state index contributed by atoms with van der Waals surface area (Å²) in [6, 6.07) is 91.9. The van der Waals surface area contributed by atoms with Crippen molar-refractivity contribution in [2.24, 2.45) is 0 Å². The minimum absolute atomic E-state index is 0.889. The van der Waals surface area contributed by atoms with E-state index in [-0.39, 0.29) is 0 Å². The fraction of sp³-hybridized carbons (Fsp3) is 0. The zero-order valence-corrected chi connectivity index (χ0v) is 36.6. The maximum absolute atomic E-state index is 6.60. The van der Waals surface area contributed by atoms with E-state index < -0.39 is 0 Å². The van der Waals surface area contributed by atoms with Gasteiger partial charge in [-0.3, -0.25) is 0 Å². The summed E-state index contributed by atoms with van der Waals surface area (Å²) in [4.78, 5) is 2.40. The van der Waals surface area contributed by atoms with E-state index in [9.17, 15) is 0 Å². The first-order valence-corrected chi connectivity index (χ1v) is 22.9. The fourth-order valence-electron chi connectivity index (χ4n) is 10.2. The molecule has 11 aromatic carbocycles. The Morgan fingerprint density at radius 3 is 1.54 bits per heavy atom. The highest BCUT2D eigenvalue weighted by Gasteiger charge is 2.21. The van der Waals surface area contributed by atoms with Crippen LogP contribution in [0.15, 0.2) is 259 Å². The van der Waals surface area contributed by atoms with Crippen LogP contribution in [0.25, 0.3) is 105 Å². The molecule has 0 saturated carbocycles. The molecule has 2 heterocycles. The molecule has 0 saturated heterocycles. The van der Waals surface area contributed by atoms with Gasteiger partial charge in [0.2, 0.25) is 0 Å². The third-order valence-corrected chi connectivity index (χ3v) is 13.4. The first-order chi connectivity index (χ1) is 33.2. The van der Waals surface area contributed by atoms with Crippen molar-refractivity contribution in [3.05, 3.63) is 255 Å². The van der Waals surface area contributed by atoms with Crippen LogP contribution >= 0.6 is 0 Å². The second-order valence-corrected chi connectivity index (χ2v) is 17.3. The minimum atomic E-state index is 0.889. The molecular formula is C64H42N2O. The molecule has 314 valence electrons. The molecule has 0 bridgehead atoms. The molecule has 0 aliphatic heterocycles. The Morgan fingerprint density at radius 1 is 0.313 bits per heavy atom. The molecule has 0 amide bonds. The van der Waals surface area contributed by atoms with Crippen LogP contribution in [-0.4, -0.2) is 4.57 Å². The number of hydrogen-bond acceptors (Lipinski definition) is 2. The van der Waals surface area contributed by atoms with E-state index >= 15 is 0 Å². The monoisotopic (exact) mass is 854 g/mol. The highest BCUT2D eigenvalue weighted by molar-refractivity contribution is 6.15. The Kier molecular flexibility index (Phi) is 9.17. The third-order valence-electron chi connectivity index (χ3n) is 13.4. The van der Waals surface area contributed by atoms with Gasteiger partial charge in [-0.05, 0) is 112 Å². The summed E-state index contributed by atoms with van der Waals surface area (Å²) in [7, 11) is 0. The van der Waals surface area contributed by atoms with Crippen molar-refractivity contribution >= 4 is 71.6 Å². The number of furan rings is 1. The Labute approximate surface area is 388 Å². The first-order valence-electron chi connectivity index (χ1n) is 22.9. The Morgan fingerprint density at radius 2 is 0.821 bits per heavy atom. The van der Waals surface area contributed by atoms with Crippen molar-refractivity contribution in [3.8, 4) is 50.2 Å². The third kappa shape index (κ3) is 6.59. The van der Waals surface area contributed by atoms with Gasteiger partial charge in [-0.15, -0.1) is 0 Å². The van der Waals surface area contributed by atoms with Crippen molar-refractivity contribution in [2.45, 2.75) is 0 Å². The van der Waals surface area contributed by atoms with E-state index in [1.807, 2.05) is 0 Å². The van der Waals surface area contributed by atoms with Crippen molar-refractivity contribution < 1.29 is 4.42 Å². The predicted octanol–water partition coefficient (Wildman–Crippen LogP) is 18.0. The number of nitrogens with zero attached hydrogens (tertiary/aromatic N) is 2. The normalized spacial score (nSPS) is 11.6. The summed E-state index contributed by atoms with van der Waals surface area (Å²) in [6.45, 7) is 0. The van der Waals surface area contributed by atoms with Crippen LogP contribution < -0.4 is 4.90 Å². The molecule has 0 spiro atoms. The molecule has 2 aromatic heterocycles. The second kappa shape index (κ2) is 16.0. The summed E-state index contributed by atoms with van der Waals surface area (Å²) in [5.74, 6) is 0. The number of benzene rings is 11. The number of fused-ring (bicyclic) bond motifs is 8. The maximum Gasteiger partial charge on any atom is 0.143 e. The molecule has 0 N–H and O–H groups in total. The van der Waals surface area contributed by atoms with Crippen LogP contribution in [0.5, 0.6) is 0 Å². The molecule has 0 radical (unpaired) electrons. The Hall–Kier alpha value is -8.92. The van der Waals surface area contributed by atoms with Gasteiger partial charge in [0.05, 0.1) is 22.4 Å². The molecule has 13 rings (SSSR count). The Bertz CT molecular complexity index is 3900. The molecule has 0 fully saturated rings. The summed E-state index contributed by atoms with van der Waals surface area (Å²) in [5.41, 5.74) is 17.8. The van der Waals surface area contributed by atoms with E-state index in [2.05, 4.69) is 264 Å². The number of para-hydroxylation sites is 3. The molecule has 0 unspecified atom stereocenters. The number of aromatic nitrogens is 1. The van der Waals surface area contributed by atoms with Crippen LogP contribution in [-0.2, 0) is 0 Å².